The number of carbonyl (C=O) groups is 1. The van der Waals surface area contributed by atoms with E-state index >= 15 is 0 Å². The van der Waals surface area contributed by atoms with Crippen molar-refractivity contribution in [3.63, 3.8) is 0 Å². The molecular formula is C22H21N3O2. The topological polar surface area (TPSA) is 44.8 Å². The SMILES string of the molecule is CN(C)c1ccc2c(c1)Oc1cc(N(C)C(=O)c3ccccc3)ccc1N2. The van der Waals surface area contributed by atoms with Crippen LogP contribution in [0.25, 0.3) is 0 Å². The Labute approximate surface area is 158 Å². The van der Waals surface area contributed by atoms with Gasteiger partial charge in [0.2, 0.25) is 0 Å². The molecule has 0 aromatic heterocycles. The van der Waals surface area contributed by atoms with E-state index in [1.54, 1.807) is 11.9 Å². The Bertz CT molecular complexity index is 1000. The Morgan fingerprint density at radius 2 is 1.41 bits per heavy atom. The Kier molecular flexibility index (Phi) is 4.20. The highest BCUT2D eigenvalue weighted by atomic mass is 16.5. The predicted octanol–water partition coefficient (Wildman–Crippen LogP) is 4.88. The number of ether oxygens (including phenoxy) is 1. The molecule has 0 spiro atoms. The van der Waals surface area contributed by atoms with Gasteiger partial charge in [0.1, 0.15) is 0 Å². The third-order valence-electron chi connectivity index (χ3n) is 4.65. The zero-order chi connectivity index (χ0) is 19.0. The van der Waals surface area contributed by atoms with Crippen molar-refractivity contribution in [1.82, 2.24) is 0 Å². The third-order valence-corrected chi connectivity index (χ3v) is 4.65. The largest absolute Gasteiger partial charge is 0.453 e. The van der Waals surface area contributed by atoms with Crippen LogP contribution in [0.1, 0.15) is 10.4 Å². The van der Waals surface area contributed by atoms with E-state index in [2.05, 4.69) is 5.32 Å². The van der Waals surface area contributed by atoms with Gasteiger partial charge in [0, 0.05) is 50.2 Å². The average Bonchev–Trinajstić information content (AvgIpc) is 2.70. The molecule has 1 amide bonds. The molecule has 0 atom stereocenters. The number of rotatable bonds is 3. The number of carbonyl (C=O) groups excluding carboxylic acids is 1. The van der Waals surface area contributed by atoms with Crippen LogP contribution in [-0.2, 0) is 0 Å². The summed E-state index contributed by atoms with van der Waals surface area (Å²) in [5, 5.41) is 3.39. The third kappa shape index (κ3) is 3.19. The molecule has 0 saturated carbocycles. The molecule has 1 aliphatic heterocycles. The monoisotopic (exact) mass is 359 g/mol. The minimum Gasteiger partial charge on any atom is -0.453 e. The first kappa shape index (κ1) is 17.0. The lowest BCUT2D eigenvalue weighted by Gasteiger charge is -2.25. The Morgan fingerprint density at radius 1 is 0.815 bits per heavy atom. The zero-order valence-electron chi connectivity index (χ0n) is 15.6. The quantitative estimate of drug-likeness (QED) is 0.566. The van der Waals surface area contributed by atoms with Gasteiger partial charge in [0.25, 0.3) is 5.91 Å². The van der Waals surface area contributed by atoms with E-state index in [1.165, 1.54) is 0 Å². The van der Waals surface area contributed by atoms with Gasteiger partial charge in [0.05, 0.1) is 11.4 Å². The van der Waals surface area contributed by atoms with Crippen molar-refractivity contribution in [3.8, 4) is 11.5 Å². The second kappa shape index (κ2) is 6.68. The number of hydrogen-bond donors (Lipinski definition) is 1. The highest BCUT2D eigenvalue weighted by Crippen LogP contribution is 2.44. The molecule has 0 unspecified atom stereocenters. The van der Waals surface area contributed by atoms with Gasteiger partial charge < -0.3 is 19.9 Å². The van der Waals surface area contributed by atoms with Crippen molar-refractivity contribution >= 4 is 28.7 Å². The highest BCUT2D eigenvalue weighted by molar-refractivity contribution is 6.06. The number of anilines is 4. The summed E-state index contributed by atoms with van der Waals surface area (Å²) in [5.41, 5.74) is 4.29. The van der Waals surface area contributed by atoms with Crippen LogP contribution in [-0.4, -0.2) is 27.1 Å². The lowest BCUT2D eigenvalue weighted by Crippen LogP contribution is -2.26. The van der Waals surface area contributed by atoms with E-state index in [9.17, 15) is 4.79 Å². The van der Waals surface area contributed by atoms with E-state index in [0.29, 0.717) is 11.3 Å². The van der Waals surface area contributed by atoms with E-state index in [-0.39, 0.29) is 5.91 Å². The maximum absolute atomic E-state index is 12.7. The van der Waals surface area contributed by atoms with Gasteiger partial charge >= 0.3 is 0 Å². The maximum Gasteiger partial charge on any atom is 0.258 e. The Hall–Kier alpha value is -3.47. The molecule has 3 aromatic rings. The van der Waals surface area contributed by atoms with Crippen LogP contribution in [0, 0.1) is 0 Å². The lowest BCUT2D eigenvalue weighted by atomic mass is 10.1. The van der Waals surface area contributed by atoms with Crippen LogP contribution in [0.4, 0.5) is 22.7 Å². The van der Waals surface area contributed by atoms with Crippen LogP contribution < -0.4 is 19.9 Å². The van der Waals surface area contributed by atoms with E-state index in [1.807, 2.05) is 85.7 Å². The summed E-state index contributed by atoms with van der Waals surface area (Å²) in [5.74, 6) is 1.40. The molecular weight excluding hydrogens is 338 g/mol. The van der Waals surface area contributed by atoms with Gasteiger partial charge in [-0.15, -0.1) is 0 Å². The number of nitrogens with zero attached hydrogens (tertiary/aromatic N) is 2. The van der Waals surface area contributed by atoms with Gasteiger partial charge in [-0.05, 0) is 36.4 Å². The first-order chi connectivity index (χ1) is 13.0. The summed E-state index contributed by atoms with van der Waals surface area (Å²) in [6.45, 7) is 0. The predicted molar refractivity (Wildman–Crippen MR) is 110 cm³/mol. The summed E-state index contributed by atoms with van der Waals surface area (Å²) in [6.07, 6.45) is 0. The second-order valence-corrected chi connectivity index (χ2v) is 6.71. The Balaban J connectivity index is 1.62. The van der Waals surface area contributed by atoms with Crippen LogP contribution in [0.3, 0.4) is 0 Å². The molecule has 4 rings (SSSR count). The lowest BCUT2D eigenvalue weighted by molar-refractivity contribution is 0.0993. The number of fused-ring (bicyclic) bond motifs is 2. The van der Waals surface area contributed by atoms with Gasteiger partial charge in [-0.1, -0.05) is 18.2 Å². The van der Waals surface area contributed by atoms with Crippen LogP contribution in [0.2, 0.25) is 0 Å². The summed E-state index contributed by atoms with van der Waals surface area (Å²) in [6, 6.07) is 21.0. The summed E-state index contributed by atoms with van der Waals surface area (Å²) >= 11 is 0. The molecule has 1 heterocycles. The molecule has 0 fully saturated rings. The standard InChI is InChI=1S/C22H21N3O2/c1-24(2)16-9-11-18-20(13-16)27-21-14-17(10-12-19(21)23-18)25(3)22(26)15-7-5-4-6-8-15/h4-14,23H,1-3H3. The molecule has 1 N–H and O–H groups in total. The molecule has 0 bridgehead atoms. The fourth-order valence-electron chi connectivity index (χ4n) is 3.04. The van der Waals surface area contributed by atoms with Crippen molar-refractivity contribution in [2.75, 3.05) is 36.3 Å². The first-order valence-corrected chi connectivity index (χ1v) is 8.76. The number of amides is 1. The van der Waals surface area contributed by atoms with Crippen molar-refractivity contribution < 1.29 is 9.53 Å². The molecule has 0 aliphatic carbocycles. The van der Waals surface area contributed by atoms with Gasteiger partial charge in [0.15, 0.2) is 11.5 Å². The van der Waals surface area contributed by atoms with Gasteiger partial charge in [-0.25, -0.2) is 0 Å². The van der Waals surface area contributed by atoms with Gasteiger partial charge in [-0.3, -0.25) is 4.79 Å². The fraction of sp³-hybridized carbons (Fsp3) is 0.136. The number of nitrogens with one attached hydrogen (secondary N) is 1. The number of benzene rings is 3. The summed E-state index contributed by atoms with van der Waals surface area (Å²) < 4.78 is 6.12. The summed E-state index contributed by atoms with van der Waals surface area (Å²) in [7, 11) is 5.76. The van der Waals surface area contributed by atoms with Crippen molar-refractivity contribution in [1.29, 1.82) is 0 Å². The zero-order valence-corrected chi connectivity index (χ0v) is 15.6. The Morgan fingerprint density at radius 3 is 2.04 bits per heavy atom. The van der Waals surface area contributed by atoms with Crippen molar-refractivity contribution in [3.05, 3.63) is 72.3 Å². The maximum atomic E-state index is 12.7. The molecule has 1 aliphatic rings. The van der Waals surface area contributed by atoms with Crippen molar-refractivity contribution in [2.24, 2.45) is 0 Å². The molecule has 0 saturated heterocycles. The van der Waals surface area contributed by atoms with E-state index in [4.69, 9.17) is 4.74 Å². The minimum atomic E-state index is -0.0605. The fourth-order valence-corrected chi connectivity index (χ4v) is 3.04. The van der Waals surface area contributed by atoms with Gasteiger partial charge in [-0.2, -0.15) is 0 Å². The molecule has 3 aromatic carbocycles. The summed E-state index contributed by atoms with van der Waals surface area (Å²) in [4.78, 5) is 16.4. The molecule has 27 heavy (non-hydrogen) atoms. The molecule has 0 radical (unpaired) electrons. The normalized spacial score (nSPS) is 11.5. The molecule has 136 valence electrons. The van der Waals surface area contributed by atoms with Crippen LogP contribution in [0.5, 0.6) is 11.5 Å². The highest BCUT2D eigenvalue weighted by Gasteiger charge is 2.20. The second-order valence-electron chi connectivity index (χ2n) is 6.71. The average molecular weight is 359 g/mol. The van der Waals surface area contributed by atoms with Crippen LogP contribution >= 0.6 is 0 Å². The first-order valence-electron chi connectivity index (χ1n) is 8.76. The van der Waals surface area contributed by atoms with Crippen molar-refractivity contribution in [2.45, 2.75) is 0 Å². The van der Waals surface area contributed by atoms with E-state index in [0.717, 1.165) is 28.5 Å². The van der Waals surface area contributed by atoms with Crippen LogP contribution in [0.15, 0.2) is 66.7 Å². The molecule has 5 nitrogen and oxygen atoms in total. The number of hydrogen-bond acceptors (Lipinski definition) is 4. The van der Waals surface area contributed by atoms with E-state index < -0.39 is 0 Å². The smallest absolute Gasteiger partial charge is 0.258 e. The molecule has 5 heteroatoms. The minimum absolute atomic E-state index is 0.0605.